The summed E-state index contributed by atoms with van der Waals surface area (Å²) in [5, 5.41) is 0. The average molecular weight is 240 g/mol. The van der Waals surface area contributed by atoms with E-state index in [2.05, 4.69) is 44.2 Å². The number of hydrogen-bond acceptors (Lipinski definition) is 1. The van der Waals surface area contributed by atoms with E-state index in [4.69, 9.17) is 4.74 Å². The van der Waals surface area contributed by atoms with Crippen LogP contribution in [0.3, 0.4) is 0 Å². The molecule has 0 aromatic heterocycles. The highest BCUT2D eigenvalue weighted by atomic mass is 16.5. The Hall–Kier alpha value is -1.76. The van der Waals surface area contributed by atoms with E-state index in [0.29, 0.717) is 0 Å². The first-order chi connectivity index (χ1) is 8.78. The largest absolute Gasteiger partial charge is 0.497 e. The molecule has 2 aromatic carbocycles. The Kier molecular flexibility index (Phi) is 4.03. The molecule has 0 saturated heterocycles. The van der Waals surface area contributed by atoms with Crippen molar-refractivity contribution in [3.05, 3.63) is 53.6 Å². The molecule has 1 heteroatoms. The number of benzene rings is 2. The Labute approximate surface area is 109 Å². The van der Waals surface area contributed by atoms with Gasteiger partial charge in [0.15, 0.2) is 0 Å². The monoisotopic (exact) mass is 240 g/mol. The van der Waals surface area contributed by atoms with Crippen molar-refractivity contribution in [2.75, 3.05) is 7.11 Å². The summed E-state index contributed by atoms with van der Waals surface area (Å²) < 4.78 is 5.19. The van der Waals surface area contributed by atoms with Crippen molar-refractivity contribution in [1.82, 2.24) is 0 Å². The second kappa shape index (κ2) is 5.72. The Bertz CT molecular complexity index is 512. The van der Waals surface area contributed by atoms with Gasteiger partial charge in [-0.15, -0.1) is 0 Å². The average Bonchev–Trinajstić information content (AvgIpc) is 2.46. The van der Waals surface area contributed by atoms with Gasteiger partial charge in [0.25, 0.3) is 0 Å². The molecule has 0 saturated carbocycles. The lowest BCUT2D eigenvalue weighted by Gasteiger charge is -2.09. The molecular weight excluding hydrogens is 220 g/mol. The standard InChI is InChI=1S/C17H20O/c1-4-13-6-7-16(12-14(13)5-2)15-8-10-17(18-3)11-9-15/h6-12H,4-5H2,1-3H3. The fraction of sp³-hybridized carbons (Fsp3) is 0.294. The highest BCUT2D eigenvalue weighted by Crippen LogP contribution is 2.25. The summed E-state index contributed by atoms with van der Waals surface area (Å²) in [7, 11) is 1.69. The van der Waals surface area contributed by atoms with Crippen molar-refractivity contribution in [3.8, 4) is 16.9 Å². The van der Waals surface area contributed by atoms with Crippen LogP contribution in [0.15, 0.2) is 42.5 Å². The van der Waals surface area contributed by atoms with Gasteiger partial charge >= 0.3 is 0 Å². The molecule has 94 valence electrons. The maximum atomic E-state index is 5.19. The van der Waals surface area contributed by atoms with Crippen LogP contribution in [0.2, 0.25) is 0 Å². The Morgan fingerprint density at radius 3 is 1.94 bits per heavy atom. The van der Waals surface area contributed by atoms with E-state index >= 15 is 0 Å². The first-order valence-corrected chi connectivity index (χ1v) is 6.54. The lowest BCUT2D eigenvalue weighted by molar-refractivity contribution is 0.415. The lowest BCUT2D eigenvalue weighted by atomic mass is 9.96. The van der Waals surface area contributed by atoms with Crippen LogP contribution >= 0.6 is 0 Å². The number of ether oxygens (including phenoxy) is 1. The van der Waals surface area contributed by atoms with Crippen LogP contribution in [0.25, 0.3) is 11.1 Å². The molecule has 0 unspecified atom stereocenters. The van der Waals surface area contributed by atoms with Crippen molar-refractivity contribution >= 4 is 0 Å². The van der Waals surface area contributed by atoms with Gasteiger partial charge in [-0.1, -0.05) is 44.2 Å². The van der Waals surface area contributed by atoms with Gasteiger partial charge in [-0.2, -0.15) is 0 Å². The molecule has 18 heavy (non-hydrogen) atoms. The van der Waals surface area contributed by atoms with Gasteiger partial charge in [-0.3, -0.25) is 0 Å². The minimum atomic E-state index is 0.902. The van der Waals surface area contributed by atoms with Gasteiger partial charge in [-0.25, -0.2) is 0 Å². The number of rotatable bonds is 4. The van der Waals surface area contributed by atoms with Gasteiger partial charge in [0.05, 0.1) is 7.11 Å². The third-order valence-electron chi connectivity index (χ3n) is 3.39. The highest BCUT2D eigenvalue weighted by Gasteiger charge is 2.03. The smallest absolute Gasteiger partial charge is 0.118 e. The molecule has 0 amide bonds. The summed E-state index contributed by atoms with van der Waals surface area (Å²) in [4.78, 5) is 0. The highest BCUT2D eigenvalue weighted by molar-refractivity contribution is 5.65. The topological polar surface area (TPSA) is 9.23 Å². The van der Waals surface area contributed by atoms with E-state index < -0.39 is 0 Å². The van der Waals surface area contributed by atoms with E-state index in [-0.39, 0.29) is 0 Å². The molecule has 1 nitrogen and oxygen atoms in total. The van der Waals surface area contributed by atoms with E-state index in [1.165, 1.54) is 22.3 Å². The maximum Gasteiger partial charge on any atom is 0.118 e. The van der Waals surface area contributed by atoms with Crippen LogP contribution in [-0.4, -0.2) is 7.11 Å². The molecule has 2 rings (SSSR count). The molecule has 0 aliphatic heterocycles. The summed E-state index contributed by atoms with van der Waals surface area (Å²) in [5.41, 5.74) is 5.43. The third kappa shape index (κ3) is 2.56. The van der Waals surface area contributed by atoms with E-state index in [1.54, 1.807) is 7.11 Å². The zero-order chi connectivity index (χ0) is 13.0. The first-order valence-electron chi connectivity index (χ1n) is 6.54. The van der Waals surface area contributed by atoms with Crippen LogP contribution in [0, 0.1) is 0 Å². The third-order valence-corrected chi connectivity index (χ3v) is 3.39. The van der Waals surface area contributed by atoms with Crippen molar-refractivity contribution < 1.29 is 4.74 Å². The Balaban J connectivity index is 2.37. The van der Waals surface area contributed by atoms with Gasteiger partial charge in [0.2, 0.25) is 0 Å². The van der Waals surface area contributed by atoms with Gasteiger partial charge < -0.3 is 4.74 Å². The summed E-state index contributed by atoms with van der Waals surface area (Å²) in [6.07, 6.45) is 2.19. The summed E-state index contributed by atoms with van der Waals surface area (Å²) >= 11 is 0. The second-order valence-corrected chi connectivity index (χ2v) is 4.42. The van der Waals surface area contributed by atoms with Crippen LogP contribution in [-0.2, 0) is 12.8 Å². The summed E-state index contributed by atoms with van der Waals surface area (Å²) in [6.45, 7) is 4.42. The van der Waals surface area contributed by atoms with Crippen molar-refractivity contribution in [2.24, 2.45) is 0 Å². The van der Waals surface area contributed by atoms with E-state index in [0.717, 1.165) is 18.6 Å². The van der Waals surface area contributed by atoms with Crippen LogP contribution in [0.4, 0.5) is 0 Å². The van der Waals surface area contributed by atoms with Crippen LogP contribution in [0.5, 0.6) is 5.75 Å². The Morgan fingerprint density at radius 1 is 0.778 bits per heavy atom. The zero-order valence-corrected chi connectivity index (χ0v) is 11.4. The first kappa shape index (κ1) is 12.7. The van der Waals surface area contributed by atoms with Gasteiger partial charge in [0.1, 0.15) is 5.75 Å². The molecule has 0 atom stereocenters. The quantitative estimate of drug-likeness (QED) is 0.765. The van der Waals surface area contributed by atoms with Crippen LogP contribution < -0.4 is 4.74 Å². The maximum absolute atomic E-state index is 5.19. The zero-order valence-electron chi connectivity index (χ0n) is 11.4. The summed E-state index contributed by atoms with van der Waals surface area (Å²) in [6, 6.07) is 15.0. The molecule has 0 aliphatic rings. The SMILES string of the molecule is CCc1ccc(-c2ccc(OC)cc2)cc1CC. The van der Waals surface area contributed by atoms with E-state index in [9.17, 15) is 0 Å². The minimum absolute atomic E-state index is 0.902. The van der Waals surface area contributed by atoms with Gasteiger partial charge in [0, 0.05) is 0 Å². The minimum Gasteiger partial charge on any atom is -0.497 e. The molecular formula is C17H20O. The number of aryl methyl sites for hydroxylation is 2. The lowest BCUT2D eigenvalue weighted by Crippen LogP contribution is -1.91. The predicted octanol–water partition coefficient (Wildman–Crippen LogP) is 4.49. The van der Waals surface area contributed by atoms with Crippen molar-refractivity contribution in [1.29, 1.82) is 0 Å². The molecule has 0 aliphatic carbocycles. The van der Waals surface area contributed by atoms with E-state index in [1.807, 2.05) is 12.1 Å². The molecule has 0 spiro atoms. The normalized spacial score (nSPS) is 10.4. The van der Waals surface area contributed by atoms with Crippen LogP contribution in [0.1, 0.15) is 25.0 Å². The predicted molar refractivity (Wildman–Crippen MR) is 77.2 cm³/mol. The van der Waals surface area contributed by atoms with Crippen molar-refractivity contribution in [2.45, 2.75) is 26.7 Å². The summed E-state index contributed by atoms with van der Waals surface area (Å²) in [5.74, 6) is 0.902. The van der Waals surface area contributed by atoms with Crippen molar-refractivity contribution in [3.63, 3.8) is 0 Å². The Morgan fingerprint density at radius 2 is 1.39 bits per heavy atom. The second-order valence-electron chi connectivity index (χ2n) is 4.42. The molecule has 0 radical (unpaired) electrons. The fourth-order valence-electron chi connectivity index (χ4n) is 2.26. The molecule has 0 N–H and O–H groups in total. The molecule has 0 heterocycles. The molecule has 2 aromatic rings. The fourth-order valence-corrected chi connectivity index (χ4v) is 2.26. The number of hydrogen-bond donors (Lipinski definition) is 0. The molecule has 0 fully saturated rings. The van der Waals surface area contributed by atoms with Gasteiger partial charge in [-0.05, 0) is 47.2 Å². The molecule has 0 bridgehead atoms. The number of methoxy groups -OCH3 is 1.